The number of hydrogen-bond acceptors (Lipinski definition) is 4. The van der Waals surface area contributed by atoms with Crippen molar-refractivity contribution in [1.82, 2.24) is 10.3 Å². The molecule has 0 spiro atoms. The van der Waals surface area contributed by atoms with E-state index in [9.17, 15) is 4.39 Å². The number of nitrogens with one attached hydrogen (secondary N) is 1. The molecule has 0 radical (unpaired) electrons. The predicted molar refractivity (Wildman–Crippen MR) is 66.9 cm³/mol. The van der Waals surface area contributed by atoms with Crippen LogP contribution in [-0.2, 0) is 6.54 Å². The van der Waals surface area contributed by atoms with Gasteiger partial charge in [0.15, 0.2) is 0 Å². The fourth-order valence-corrected chi connectivity index (χ4v) is 2.54. The Kier molecular flexibility index (Phi) is 3.34. The van der Waals surface area contributed by atoms with Gasteiger partial charge in [-0.05, 0) is 36.7 Å². The van der Waals surface area contributed by atoms with Gasteiger partial charge in [0, 0.05) is 23.0 Å². The summed E-state index contributed by atoms with van der Waals surface area (Å²) < 4.78 is 19.0. The van der Waals surface area contributed by atoms with E-state index >= 15 is 0 Å². The highest BCUT2D eigenvalue weighted by Crippen LogP contribution is 2.31. The van der Waals surface area contributed by atoms with Gasteiger partial charge in [0.1, 0.15) is 12.1 Å². The molecule has 1 aliphatic carbocycles. The van der Waals surface area contributed by atoms with Crippen LogP contribution in [0.4, 0.5) is 4.39 Å². The van der Waals surface area contributed by atoms with Crippen molar-refractivity contribution in [2.75, 3.05) is 0 Å². The SMILES string of the molecule is Fc1cccc(Sc2ncco2)c1CNC1CC1. The van der Waals surface area contributed by atoms with Gasteiger partial charge in [0.05, 0.1) is 6.20 Å². The van der Waals surface area contributed by atoms with Gasteiger partial charge < -0.3 is 9.73 Å². The molecule has 1 saturated carbocycles. The van der Waals surface area contributed by atoms with Crippen molar-refractivity contribution in [3.8, 4) is 0 Å². The van der Waals surface area contributed by atoms with E-state index in [1.807, 2.05) is 6.07 Å². The van der Waals surface area contributed by atoms with E-state index in [1.54, 1.807) is 12.3 Å². The third kappa shape index (κ3) is 2.73. The van der Waals surface area contributed by atoms with Crippen LogP contribution in [0.5, 0.6) is 0 Å². The average molecular weight is 264 g/mol. The summed E-state index contributed by atoms with van der Waals surface area (Å²) in [7, 11) is 0. The Labute approximate surface area is 109 Å². The van der Waals surface area contributed by atoms with Crippen molar-refractivity contribution in [3.63, 3.8) is 0 Å². The smallest absolute Gasteiger partial charge is 0.260 e. The Morgan fingerprint density at radius 3 is 3.06 bits per heavy atom. The first-order chi connectivity index (χ1) is 8.83. The molecular weight excluding hydrogens is 251 g/mol. The van der Waals surface area contributed by atoms with Crippen LogP contribution in [-0.4, -0.2) is 11.0 Å². The number of nitrogens with zero attached hydrogens (tertiary/aromatic N) is 1. The lowest BCUT2D eigenvalue weighted by molar-refractivity contribution is 0.454. The molecule has 0 bridgehead atoms. The number of hydrogen-bond donors (Lipinski definition) is 1. The second kappa shape index (κ2) is 5.12. The lowest BCUT2D eigenvalue weighted by Crippen LogP contribution is -2.16. The minimum atomic E-state index is -0.181. The minimum Gasteiger partial charge on any atom is -0.440 e. The van der Waals surface area contributed by atoms with E-state index in [2.05, 4.69) is 10.3 Å². The largest absolute Gasteiger partial charge is 0.440 e. The fourth-order valence-electron chi connectivity index (χ4n) is 1.69. The molecule has 5 heteroatoms. The monoisotopic (exact) mass is 264 g/mol. The van der Waals surface area contributed by atoms with Crippen molar-refractivity contribution in [2.45, 2.75) is 35.5 Å². The molecule has 1 fully saturated rings. The molecule has 94 valence electrons. The zero-order chi connectivity index (χ0) is 12.4. The lowest BCUT2D eigenvalue weighted by Gasteiger charge is -2.09. The van der Waals surface area contributed by atoms with Gasteiger partial charge >= 0.3 is 0 Å². The van der Waals surface area contributed by atoms with Crippen LogP contribution in [0.15, 0.2) is 45.2 Å². The second-order valence-electron chi connectivity index (χ2n) is 4.27. The molecule has 0 unspecified atom stereocenters. The number of halogens is 1. The summed E-state index contributed by atoms with van der Waals surface area (Å²) in [4.78, 5) is 4.90. The molecule has 18 heavy (non-hydrogen) atoms. The minimum absolute atomic E-state index is 0.181. The van der Waals surface area contributed by atoms with Crippen LogP contribution in [0.3, 0.4) is 0 Å². The maximum atomic E-state index is 13.8. The van der Waals surface area contributed by atoms with E-state index in [-0.39, 0.29) is 5.82 Å². The lowest BCUT2D eigenvalue weighted by atomic mass is 10.2. The number of benzene rings is 1. The summed E-state index contributed by atoms with van der Waals surface area (Å²) in [6, 6.07) is 5.65. The van der Waals surface area contributed by atoms with Crippen LogP contribution in [0.2, 0.25) is 0 Å². The Hall–Kier alpha value is -1.33. The standard InChI is InChI=1S/C13H13FN2OS/c14-11-2-1-3-12(18-13-15-6-7-17-13)10(11)8-16-9-4-5-9/h1-3,6-7,9,16H,4-5,8H2. The molecule has 2 aromatic rings. The van der Waals surface area contributed by atoms with Crippen molar-refractivity contribution < 1.29 is 8.81 Å². The zero-order valence-electron chi connectivity index (χ0n) is 9.73. The van der Waals surface area contributed by atoms with Crippen LogP contribution in [0.25, 0.3) is 0 Å². The van der Waals surface area contributed by atoms with Gasteiger partial charge in [0.25, 0.3) is 5.22 Å². The predicted octanol–water partition coefficient (Wildman–Crippen LogP) is 3.22. The highest BCUT2D eigenvalue weighted by molar-refractivity contribution is 7.99. The zero-order valence-corrected chi connectivity index (χ0v) is 10.5. The summed E-state index contributed by atoms with van der Waals surface area (Å²) in [6.07, 6.45) is 5.49. The first kappa shape index (κ1) is 11.7. The average Bonchev–Trinajstić information content (AvgIpc) is 3.05. The van der Waals surface area contributed by atoms with Gasteiger partial charge in [-0.25, -0.2) is 9.37 Å². The van der Waals surface area contributed by atoms with Crippen molar-refractivity contribution >= 4 is 11.8 Å². The molecule has 0 saturated heterocycles. The maximum Gasteiger partial charge on any atom is 0.260 e. The topological polar surface area (TPSA) is 38.1 Å². The van der Waals surface area contributed by atoms with Gasteiger partial charge in [-0.1, -0.05) is 6.07 Å². The Morgan fingerprint density at radius 2 is 2.33 bits per heavy atom. The fraction of sp³-hybridized carbons (Fsp3) is 0.308. The van der Waals surface area contributed by atoms with Crippen LogP contribution < -0.4 is 5.32 Å². The summed E-state index contributed by atoms with van der Waals surface area (Å²) in [5.74, 6) is -0.181. The van der Waals surface area contributed by atoms with E-state index in [1.165, 1.54) is 36.9 Å². The summed E-state index contributed by atoms with van der Waals surface area (Å²) in [5, 5.41) is 3.86. The second-order valence-corrected chi connectivity index (χ2v) is 5.26. The van der Waals surface area contributed by atoms with Crippen LogP contribution >= 0.6 is 11.8 Å². The highest BCUT2D eigenvalue weighted by Gasteiger charge is 2.21. The molecule has 0 aliphatic heterocycles. The number of rotatable bonds is 5. The molecule has 0 amide bonds. The Morgan fingerprint density at radius 1 is 1.44 bits per heavy atom. The molecule has 0 atom stereocenters. The summed E-state index contributed by atoms with van der Waals surface area (Å²) >= 11 is 1.35. The number of oxazole rings is 1. The molecule has 3 rings (SSSR count). The van der Waals surface area contributed by atoms with Crippen LogP contribution in [0, 0.1) is 5.82 Å². The molecule has 1 aromatic heterocycles. The molecule has 1 heterocycles. The molecule has 1 aliphatic rings. The van der Waals surface area contributed by atoms with Gasteiger partial charge in [-0.3, -0.25) is 0 Å². The third-order valence-electron chi connectivity index (χ3n) is 2.83. The molecule has 1 N–H and O–H groups in total. The van der Waals surface area contributed by atoms with E-state index in [4.69, 9.17) is 4.42 Å². The van der Waals surface area contributed by atoms with Crippen molar-refractivity contribution in [1.29, 1.82) is 0 Å². The Balaban J connectivity index is 1.80. The Bertz CT molecular complexity index is 526. The van der Waals surface area contributed by atoms with Gasteiger partial charge in [-0.2, -0.15) is 0 Å². The maximum absolute atomic E-state index is 13.8. The quantitative estimate of drug-likeness (QED) is 0.900. The first-order valence-corrected chi connectivity index (χ1v) is 6.72. The van der Waals surface area contributed by atoms with E-state index in [0.717, 1.165) is 4.90 Å². The summed E-state index contributed by atoms with van der Waals surface area (Å²) in [6.45, 7) is 0.556. The highest BCUT2D eigenvalue weighted by atomic mass is 32.2. The van der Waals surface area contributed by atoms with Crippen molar-refractivity contribution in [3.05, 3.63) is 42.0 Å². The molecule has 3 nitrogen and oxygen atoms in total. The van der Waals surface area contributed by atoms with Gasteiger partial charge in [-0.15, -0.1) is 0 Å². The van der Waals surface area contributed by atoms with Gasteiger partial charge in [0.2, 0.25) is 0 Å². The number of aromatic nitrogens is 1. The molecule has 1 aromatic carbocycles. The molecular formula is C13H13FN2OS. The summed E-state index contributed by atoms with van der Waals surface area (Å²) in [5.41, 5.74) is 0.688. The third-order valence-corrected chi connectivity index (χ3v) is 3.81. The van der Waals surface area contributed by atoms with E-state index < -0.39 is 0 Å². The van der Waals surface area contributed by atoms with Crippen molar-refractivity contribution in [2.24, 2.45) is 0 Å². The normalized spacial score (nSPS) is 14.9. The van der Waals surface area contributed by atoms with E-state index in [0.29, 0.717) is 23.4 Å². The first-order valence-electron chi connectivity index (χ1n) is 5.91. The van der Waals surface area contributed by atoms with Crippen LogP contribution in [0.1, 0.15) is 18.4 Å².